The number of likely N-dealkylation sites (tertiary alicyclic amines) is 1. The standard InChI is InChI=1S/C22H35N7O2.HI/c1-17-26-27-21(28(17)2)16-25-22(23-14-18-8-6-12-30-18)24-15-19(20-9-7-13-31-20)29-10-4-3-5-11-29;/h7,9,13,18-19H,3-6,8,10-12,14-16H2,1-2H3,(H2,23,24,25);1H. The van der Waals surface area contributed by atoms with Crippen LogP contribution in [0.3, 0.4) is 0 Å². The molecule has 4 heterocycles. The number of aromatic nitrogens is 3. The number of guanidine groups is 1. The zero-order valence-corrected chi connectivity index (χ0v) is 21.5. The Balaban J connectivity index is 0.00000289. The molecular formula is C22H36IN7O2. The van der Waals surface area contributed by atoms with Crippen molar-refractivity contribution >= 4 is 29.9 Å². The van der Waals surface area contributed by atoms with Crippen LogP contribution >= 0.6 is 24.0 Å². The molecule has 2 N–H and O–H groups in total. The van der Waals surface area contributed by atoms with Crippen molar-refractivity contribution in [3.05, 3.63) is 35.8 Å². The molecule has 2 aliphatic rings. The zero-order chi connectivity index (χ0) is 21.5. The van der Waals surface area contributed by atoms with Gasteiger partial charge in [-0.2, -0.15) is 0 Å². The minimum Gasteiger partial charge on any atom is -0.468 e. The van der Waals surface area contributed by atoms with Gasteiger partial charge in [0, 0.05) is 26.7 Å². The van der Waals surface area contributed by atoms with Gasteiger partial charge in [-0.25, -0.2) is 4.99 Å². The summed E-state index contributed by atoms with van der Waals surface area (Å²) >= 11 is 0. The number of piperidine rings is 1. The molecule has 0 amide bonds. The Morgan fingerprint density at radius 1 is 1.22 bits per heavy atom. The van der Waals surface area contributed by atoms with Gasteiger partial charge in [0.15, 0.2) is 11.8 Å². The average Bonchev–Trinajstić information content (AvgIpc) is 3.56. The van der Waals surface area contributed by atoms with E-state index in [2.05, 4.69) is 31.8 Å². The maximum atomic E-state index is 5.79. The predicted molar refractivity (Wildman–Crippen MR) is 134 cm³/mol. The molecule has 2 fully saturated rings. The molecule has 2 aliphatic heterocycles. The molecule has 2 aromatic heterocycles. The van der Waals surface area contributed by atoms with Gasteiger partial charge in [-0.15, -0.1) is 34.2 Å². The van der Waals surface area contributed by atoms with Crippen LogP contribution in [0.15, 0.2) is 27.8 Å². The number of halogens is 1. The summed E-state index contributed by atoms with van der Waals surface area (Å²) < 4.78 is 13.5. The number of nitrogens with zero attached hydrogens (tertiary/aromatic N) is 5. The first-order valence-corrected chi connectivity index (χ1v) is 11.5. The van der Waals surface area contributed by atoms with Crippen LogP contribution in [-0.2, 0) is 18.3 Å². The van der Waals surface area contributed by atoms with E-state index in [1.807, 2.05) is 24.6 Å². The Kier molecular flexibility index (Phi) is 9.79. The van der Waals surface area contributed by atoms with E-state index in [0.29, 0.717) is 6.54 Å². The summed E-state index contributed by atoms with van der Waals surface area (Å²) in [6.07, 6.45) is 7.99. The third kappa shape index (κ3) is 6.67. The van der Waals surface area contributed by atoms with Gasteiger partial charge in [-0.1, -0.05) is 6.42 Å². The Labute approximate surface area is 207 Å². The van der Waals surface area contributed by atoms with E-state index in [0.717, 1.165) is 69.0 Å². The molecule has 0 spiro atoms. The molecule has 9 nitrogen and oxygen atoms in total. The van der Waals surface area contributed by atoms with Gasteiger partial charge in [0.1, 0.15) is 18.1 Å². The van der Waals surface area contributed by atoms with E-state index >= 15 is 0 Å². The normalized spacial score (nSPS) is 20.7. The molecule has 2 aromatic rings. The number of rotatable bonds is 8. The monoisotopic (exact) mass is 557 g/mol. The Bertz CT molecular complexity index is 827. The zero-order valence-electron chi connectivity index (χ0n) is 19.1. The van der Waals surface area contributed by atoms with Crippen LogP contribution in [0.1, 0.15) is 55.6 Å². The molecule has 4 rings (SSSR count). The van der Waals surface area contributed by atoms with Crippen LogP contribution in [0.2, 0.25) is 0 Å². The number of aliphatic imine (C=N–C) groups is 1. The first kappa shape index (κ1) is 25.0. The largest absolute Gasteiger partial charge is 0.468 e. The predicted octanol–water partition coefficient (Wildman–Crippen LogP) is 2.78. The van der Waals surface area contributed by atoms with Crippen molar-refractivity contribution in [2.24, 2.45) is 12.0 Å². The molecule has 2 saturated heterocycles. The Hall–Kier alpha value is -1.66. The van der Waals surface area contributed by atoms with Crippen molar-refractivity contribution < 1.29 is 9.15 Å². The van der Waals surface area contributed by atoms with Crippen LogP contribution < -0.4 is 10.6 Å². The van der Waals surface area contributed by atoms with E-state index in [1.54, 1.807) is 6.26 Å². The first-order chi connectivity index (χ1) is 15.2. The Morgan fingerprint density at radius 3 is 2.72 bits per heavy atom. The minimum atomic E-state index is 0. The molecule has 2 atom stereocenters. The van der Waals surface area contributed by atoms with Crippen molar-refractivity contribution in [1.29, 1.82) is 0 Å². The van der Waals surface area contributed by atoms with Gasteiger partial charge < -0.3 is 24.4 Å². The minimum absolute atomic E-state index is 0. The van der Waals surface area contributed by atoms with Gasteiger partial charge in [-0.3, -0.25) is 4.90 Å². The van der Waals surface area contributed by atoms with Gasteiger partial charge >= 0.3 is 0 Å². The summed E-state index contributed by atoms with van der Waals surface area (Å²) in [4.78, 5) is 7.31. The first-order valence-electron chi connectivity index (χ1n) is 11.5. The van der Waals surface area contributed by atoms with Crippen LogP contribution in [0, 0.1) is 6.92 Å². The number of nitrogens with one attached hydrogen (secondary N) is 2. The van der Waals surface area contributed by atoms with Crippen molar-refractivity contribution in [1.82, 2.24) is 30.3 Å². The highest BCUT2D eigenvalue weighted by Crippen LogP contribution is 2.24. The van der Waals surface area contributed by atoms with Crippen molar-refractivity contribution in [2.75, 3.05) is 32.8 Å². The summed E-state index contributed by atoms with van der Waals surface area (Å²) in [7, 11) is 1.97. The SMILES string of the molecule is Cc1nnc(CN=C(NCC2CCCO2)NCC(c2ccco2)N2CCCCC2)n1C.I. The number of hydrogen-bond donors (Lipinski definition) is 2. The highest BCUT2D eigenvalue weighted by atomic mass is 127. The second-order valence-corrected chi connectivity index (χ2v) is 8.41. The third-order valence-corrected chi connectivity index (χ3v) is 6.25. The Morgan fingerprint density at radius 2 is 2.06 bits per heavy atom. The summed E-state index contributed by atoms with van der Waals surface area (Å²) in [6, 6.07) is 4.22. The highest BCUT2D eigenvalue weighted by molar-refractivity contribution is 14.0. The van der Waals surface area contributed by atoms with Gasteiger partial charge in [-0.05, 0) is 57.8 Å². The van der Waals surface area contributed by atoms with E-state index < -0.39 is 0 Å². The van der Waals surface area contributed by atoms with Crippen molar-refractivity contribution in [3.63, 3.8) is 0 Å². The summed E-state index contributed by atoms with van der Waals surface area (Å²) in [6.45, 7) is 6.93. The second-order valence-electron chi connectivity index (χ2n) is 8.41. The van der Waals surface area contributed by atoms with Crippen LogP contribution in [0.25, 0.3) is 0 Å². The quantitative estimate of drug-likeness (QED) is 0.293. The maximum absolute atomic E-state index is 5.79. The molecule has 0 radical (unpaired) electrons. The molecule has 10 heteroatoms. The molecule has 32 heavy (non-hydrogen) atoms. The van der Waals surface area contributed by atoms with E-state index in [9.17, 15) is 0 Å². The van der Waals surface area contributed by atoms with Gasteiger partial charge in [0.2, 0.25) is 0 Å². The number of furan rings is 1. The fourth-order valence-corrected chi connectivity index (χ4v) is 4.24. The number of hydrogen-bond acceptors (Lipinski definition) is 6. The topological polar surface area (TPSA) is 92.7 Å². The second kappa shape index (κ2) is 12.5. The molecule has 2 unspecified atom stereocenters. The fourth-order valence-electron chi connectivity index (χ4n) is 4.24. The molecule has 0 saturated carbocycles. The van der Waals surface area contributed by atoms with Crippen LogP contribution in [0.5, 0.6) is 0 Å². The summed E-state index contributed by atoms with van der Waals surface area (Å²) in [5.41, 5.74) is 0. The maximum Gasteiger partial charge on any atom is 0.191 e. The summed E-state index contributed by atoms with van der Waals surface area (Å²) in [5.74, 6) is 3.49. The van der Waals surface area contributed by atoms with Gasteiger partial charge in [0.25, 0.3) is 0 Å². The lowest BCUT2D eigenvalue weighted by atomic mass is 10.1. The lowest BCUT2D eigenvalue weighted by Crippen LogP contribution is -2.46. The average molecular weight is 557 g/mol. The van der Waals surface area contributed by atoms with Crippen molar-refractivity contribution in [3.8, 4) is 0 Å². The van der Waals surface area contributed by atoms with Gasteiger partial charge in [0.05, 0.1) is 18.4 Å². The molecule has 0 aliphatic carbocycles. The molecular weight excluding hydrogens is 521 g/mol. The molecule has 0 aromatic carbocycles. The van der Waals surface area contributed by atoms with Crippen LogP contribution in [0.4, 0.5) is 0 Å². The third-order valence-electron chi connectivity index (χ3n) is 6.25. The lowest BCUT2D eigenvalue weighted by Gasteiger charge is -2.33. The highest BCUT2D eigenvalue weighted by Gasteiger charge is 2.25. The van der Waals surface area contributed by atoms with E-state index in [1.165, 1.54) is 19.3 Å². The number of ether oxygens (including phenoxy) is 1. The smallest absolute Gasteiger partial charge is 0.191 e. The van der Waals surface area contributed by atoms with Crippen LogP contribution in [-0.4, -0.2) is 64.5 Å². The van der Waals surface area contributed by atoms with E-state index in [-0.39, 0.29) is 36.1 Å². The molecule has 0 bridgehead atoms. The fraction of sp³-hybridized carbons (Fsp3) is 0.682. The number of aryl methyl sites for hydroxylation is 1. The lowest BCUT2D eigenvalue weighted by molar-refractivity contribution is 0.113. The molecule has 178 valence electrons. The van der Waals surface area contributed by atoms with E-state index in [4.69, 9.17) is 14.1 Å². The summed E-state index contributed by atoms with van der Waals surface area (Å²) in [5, 5.41) is 15.4. The van der Waals surface area contributed by atoms with Crippen molar-refractivity contribution in [2.45, 2.75) is 57.7 Å².